The number of carbonyl (C=O) groups is 2. The van der Waals surface area contributed by atoms with Crippen LogP contribution in [0.5, 0.6) is 0 Å². The molecule has 1 aliphatic heterocycles. The van der Waals surface area contributed by atoms with Crippen molar-refractivity contribution in [3.8, 4) is 0 Å². The third-order valence-corrected chi connectivity index (χ3v) is 4.58. The Hall–Kier alpha value is -1.85. The van der Waals surface area contributed by atoms with E-state index in [1.807, 2.05) is 0 Å². The number of oxime groups is 1. The number of nitrogens with two attached hydrogens (primary N) is 1. The molecule has 0 unspecified atom stereocenters. The van der Waals surface area contributed by atoms with Gasteiger partial charge in [0.15, 0.2) is 10.8 Å². The predicted octanol–water partition coefficient (Wildman–Crippen LogP) is -0.646. The van der Waals surface area contributed by atoms with E-state index in [1.54, 1.807) is 11.6 Å². The van der Waals surface area contributed by atoms with Crippen molar-refractivity contribution in [1.29, 1.82) is 0 Å². The Morgan fingerprint density at radius 3 is 2.82 bits per heavy atom. The van der Waals surface area contributed by atoms with Crippen LogP contribution in [0.2, 0.25) is 0 Å². The standard InChI is InChI=1S/C11H15N5O4S2/c1-19-11(8(18)14-9(11)21-3)15-7(17)6(16-20-2)5-4-22-10(12)13-5/h4,9H,1-3H3,(H2,12,13)(H,14,18)(H,15,17)/t9-,11-/m1/s1. The van der Waals surface area contributed by atoms with Crippen molar-refractivity contribution < 1.29 is 19.2 Å². The van der Waals surface area contributed by atoms with E-state index < -0.39 is 22.9 Å². The number of β-lactam (4-membered cyclic amide) rings is 1. The number of amides is 2. The monoisotopic (exact) mass is 345 g/mol. The largest absolute Gasteiger partial charge is 0.398 e. The van der Waals surface area contributed by atoms with E-state index in [4.69, 9.17) is 10.5 Å². The van der Waals surface area contributed by atoms with E-state index in [0.717, 1.165) is 11.3 Å². The molecule has 1 saturated heterocycles. The molecule has 120 valence electrons. The molecule has 11 heteroatoms. The van der Waals surface area contributed by atoms with Gasteiger partial charge in [-0.3, -0.25) is 9.59 Å². The summed E-state index contributed by atoms with van der Waals surface area (Å²) in [5.74, 6) is -1.08. The molecule has 0 aliphatic carbocycles. The molecular formula is C11H15N5O4S2. The normalized spacial score (nSPS) is 24.4. The molecule has 1 aliphatic rings. The summed E-state index contributed by atoms with van der Waals surface area (Å²) in [6, 6.07) is 0. The summed E-state index contributed by atoms with van der Waals surface area (Å²) in [6.07, 6.45) is 1.79. The zero-order valence-corrected chi connectivity index (χ0v) is 13.7. The molecule has 2 amide bonds. The summed E-state index contributed by atoms with van der Waals surface area (Å²) in [5, 5.41) is 10.3. The Kier molecular flexibility index (Phi) is 4.88. The van der Waals surface area contributed by atoms with Crippen molar-refractivity contribution in [2.75, 3.05) is 26.2 Å². The second-order valence-corrected chi connectivity index (χ2v) is 6.01. The summed E-state index contributed by atoms with van der Waals surface area (Å²) in [6.45, 7) is 0. The lowest BCUT2D eigenvalue weighted by Crippen LogP contribution is -2.79. The fourth-order valence-corrected chi connectivity index (χ4v) is 3.25. The van der Waals surface area contributed by atoms with E-state index >= 15 is 0 Å². The van der Waals surface area contributed by atoms with Crippen LogP contribution >= 0.6 is 23.1 Å². The highest BCUT2D eigenvalue weighted by molar-refractivity contribution is 7.99. The maximum atomic E-state index is 12.4. The third-order valence-electron chi connectivity index (χ3n) is 2.99. The quantitative estimate of drug-likeness (QED) is 0.271. The van der Waals surface area contributed by atoms with Crippen LogP contribution in [-0.4, -0.2) is 54.1 Å². The van der Waals surface area contributed by atoms with Gasteiger partial charge in [0.25, 0.3) is 17.5 Å². The highest BCUT2D eigenvalue weighted by Gasteiger charge is 2.57. The van der Waals surface area contributed by atoms with E-state index in [9.17, 15) is 9.59 Å². The smallest absolute Gasteiger partial charge is 0.278 e. The highest BCUT2D eigenvalue weighted by Crippen LogP contribution is 2.29. The van der Waals surface area contributed by atoms with Gasteiger partial charge >= 0.3 is 0 Å². The zero-order valence-electron chi connectivity index (χ0n) is 12.1. The number of thiazole rings is 1. The van der Waals surface area contributed by atoms with Crippen molar-refractivity contribution in [2.24, 2.45) is 5.16 Å². The molecule has 0 radical (unpaired) electrons. The minimum Gasteiger partial charge on any atom is -0.398 e. The number of aromatic nitrogens is 1. The van der Waals surface area contributed by atoms with Crippen LogP contribution in [0.25, 0.3) is 0 Å². The first-order valence-corrected chi connectivity index (χ1v) is 8.19. The molecule has 2 rings (SSSR count). The second-order valence-electron chi connectivity index (χ2n) is 4.18. The number of ether oxygens (including phenoxy) is 1. The Morgan fingerprint density at radius 1 is 1.64 bits per heavy atom. The maximum absolute atomic E-state index is 12.4. The van der Waals surface area contributed by atoms with Gasteiger partial charge < -0.3 is 25.9 Å². The van der Waals surface area contributed by atoms with E-state index in [1.165, 1.54) is 26.0 Å². The van der Waals surface area contributed by atoms with Crippen LogP contribution in [0, 0.1) is 0 Å². The van der Waals surface area contributed by atoms with Gasteiger partial charge in [0, 0.05) is 12.5 Å². The summed E-state index contributed by atoms with van der Waals surface area (Å²) in [4.78, 5) is 33.0. The number of nitrogens with zero attached hydrogens (tertiary/aromatic N) is 2. The maximum Gasteiger partial charge on any atom is 0.278 e. The molecule has 0 saturated carbocycles. The molecule has 0 bridgehead atoms. The Labute approximate surface area is 134 Å². The fourth-order valence-electron chi connectivity index (χ4n) is 1.89. The topological polar surface area (TPSA) is 128 Å². The SMILES string of the molecule is CON=C(C(=O)N[C@@]1(OC)C(=O)N[C@@H]1SC)c1csc(N)n1. The van der Waals surface area contributed by atoms with Crippen LogP contribution < -0.4 is 16.4 Å². The molecule has 2 heterocycles. The molecule has 1 aromatic rings. The first-order valence-electron chi connectivity index (χ1n) is 6.02. The average molecular weight is 345 g/mol. The van der Waals surface area contributed by atoms with Crippen LogP contribution in [0.4, 0.5) is 5.13 Å². The Balaban J connectivity index is 2.25. The summed E-state index contributed by atoms with van der Waals surface area (Å²) < 4.78 is 5.23. The molecule has 4 N–H and O–H groups in total. The Morgan fingerprint density at radius 2 is 2.36 bits per heavy atom. The first-order chi connectivity index (χ1) is 10.5. The lowest BCUT2D eigenvalue weighted by Gasteiger charge is -2.46. The number of hydrogen-bond donors (Lipinski definition) is 3. The predicted molar refractivity (Wildman–Crippen MR) is 83.4 cm³/mol. The van der Waals surface area contributed by atoms with E-state index in [2.05, 4.69) is 25.6 Å². The molecule has 1 fully saturated rings. The van der Waals surface area contributed by atoms with Crippen LogP contribution in [0.3, 0.4) is 0 Å². The summed E-state index contributed by atoms with van der Waals surface area (Å²) in [7, 11) is 2.64. The number of anilines is 1. The van der Waals surface area contributed by atoms with E-state index in [0.29, 0.717) is 0 Å². The highest BCUT2D eigenvalue weighted by atomic mass is 32.2. The van der Waals surface area contributed by atoms with Gasteiger partial charge in [-0.1, -0.05) is 5.16 Å². The number of nitrogen functional groups attached to an aromatic ring is 1. The number of rotatable bonds is 6. The van der Waals surface area contributed by atoms with Crippen LogP contribution in [0.1, 0.15) is 5.69 Å². The van der Waals surface area contributed by atoms with Crippen LogP contribution in [-0.2, 0) is 19.2 Å². The number of nitrogens with one attached hydrogen (secondary N) is 2. The molecule has 9 nitrogen and oxygen atoms in total. The van der Waals surface area contributed by atoms with Gasteiger partial charge in [-0.25, -0.2) is 4.98 Å². The minimum atomic E-state index is -1.45. The third kappa shape index (κ3) is 2.74. The molecular weight excluding hydrogens is 330 g/mol. The van der Waals surface area contributed by atoms with Crippen molar-refractivity contribution in [1.82, 2.24) is 15.6 Å². The van der Waals surface area contributed by atoms with Crippen molar-refractivity contribution in [3.05, 3.63) is 11.1 Å². The molecule has 0 spiro atoms. The summed E-state index contributed by atoms with van der Waals surface area (Å²) >= 11 is 2.50. The van der Waals surface area contributed by atoms with Gasteiger partial charge in [0.1, 0.15) is 18.2 Å². The van der Waals surface area contributed by atoms with Crippen molar-refractivity contribution >= 4 is 45.8 Å². The van der Waals surface area contributed by atoms with Gasteiger partial charge in [-0.15, -0.1) is 23.1 Å². The lowest BCUT2D eigenvalue weighted by atomic mass is 10.1. The van der Waals surface area contributed by atoms with Crippen molar-refractivity contribution in [2.45, 2.75) is 11.1 Å². The van der Waals surface area contributed by atoms with Crippen LogP contribution in [0.15, 0.2) is 10.5 Å². The van der Waals surface area contributed by atoms with E-state index in [-0.39, 0.29) is 16.5 Å². The minimum absolute atomic E-state index is 0.0913. The first kappa shape index (κ1) is 16.5. The lowest BCUT2D eigenvalue weighted by molar-refractivity contribution is -0.168. The molecule has 0 aromatic carbocycles. The number of methoxy groups -OCH3 is 1. The molecule has 2 atom stereocenters. The zero-order chi connectivity index (χ0) is 16.3. The Bertz CT molecular complexity index is 619. The fraction of sp³-hybridized carbons (Fsp3) is 0.455. The van der Waals surface area contributed by atoms with Gasteiger partial charge in [-0.2, -0.15) is 0 Å². The van der Waals surface area contributed by atoms with Gasteiger partial charge in [0.2, 0.25) is 0 Å². The number of hydrogen-bond acceptors (Lipinski definition) is 9. The van der Waals surface area contributed by atoms with Gasteiger partial charge in [-0.05, 0) is 6.26 Å². The average Bonchev–Trinajstić information content (AvgIpc) is 2.93. The van der Waals surface area contributed by atoms with Gasteiger partial charge in [0.05, 0.1) is 0 Å². The molecule has 1 aromatic heterocycles. The summed E-state index contributed by atoms with van der Waals surface area (Å²) in [5.41, 5.74) is 4.27. The second kappa shape index (κ2) is 6.50. The van der Waals surface area contributed by atoms with Crippen molar-refractivity contribution in [3.63, 3.8) is 0 Å². The number of thioether (sulfide) groups is 1. The number of carbonyl (C=O) groups excluding carboxylic acids is 2. The molecule has 22 heavy (non-hydrogen) atoms.